The van der Waals surface area contributed by atoms with Crippen LogP contribution in [0.1, 0.15) is 0 Å². The van der Waals surface area contributed by atoms with Crippen molar-refractivity contribution >= 4 is 71.9 Å². The van der Waals surface area contributed by atoms with Crippen molar-refractivity contribution in [2.45, 2.75) is 13.1 Å². The highest BCUT2D eigenvalue weighted by Crippen LogP contribution is 2.42. The zero-order chi connectivity index (χ0) is 35.3. The summed E-state index contributed by atoms with van der Waals surface area (Å²) >= 11 is 1.87. The first-order valence-corrected chi connectivity index (χ1v) is 22.0. The molecule has 11 rings (SSSR count). The molecule has 5 heteroatoms. The van der Waals surface area contributed by atoms with Crippen molar-refractivity contribution in [3.05, 3.63) is 164 Å². The third kappa shape index (κ3) is 4.51. The third-order valence-electron chi connectivity index (χ3n) is 11.2. The predicted octanol–water partition coefficient (Wildman–Crippen LogP) is 11.7. The first-order valence-electron chi connectivity index (χ1n) is 18.2. The van der Waals surface area contributed by atoms with E-state index < -0.39 is 8.07 Å². The number of aromatic nitrogens is 3. The maximum Gasteiger partial charge on any atom is 0.159 e. The zero-order valence-corrected chi connectivity index (χ0v) is 31.2. The third-order valence-corrected chi connectivity index (χ3v) is 15.7. The molecule has 0 aliphatic carbocycles. The standard InChI is InChI=1S/C48H33N3SSi/c1-53(2)43-27-10-6-21-39(43)44-45(31-15-11-14-30(28-31)34-22-13-23-38-37-20-5-9-26-42(37)52-46(34)38)49-47(50-48(44)53)32-16-12-17-33(29-32)51-40-24-7-3-18-35(40)36-19-4-8-25-41(36)51/h3-29H,1-2H3. The van der Waals surface area contributed by atoms with Crippen LogP contribution >= 0.6 is 11.3 Å². The average molecular weight is 712 g/mol. The predicted molar refractivity (Wildman–Crippen MR) is 228 cm³/mol. The van der Waals surface area contributed by atoms with Crippen molar-refractivity contribution in [2.75, 3.05) is 0 Å². The molecule has 4 heterocycles. The molecule has 0 fully saturated rings. The number of hydrogen-bond acceptors (Lipinski definition) is 3. The number of rotatable bonds is 4. The summed E-state index contributed by atoms with van der Waals surface area (Å²) in [5.41, 5.74) is 11.5. The Balaban J connectivity index is 1.13. The summed E-state index contributed by atoms with van der Waals surface area (Å²) in [4.78, 5) is 11.0. The zero-order valence-electron chi connectivity index (χ0n) is 29.3. The molecule has 0 N–H and O–H groups in total. The normalized spacial score (nSPS) is 13.2. The highest BCUT2D eigenvalue weighted by Gasteiger charge is 2.41. The molecule has 3 aromatic heterocycles. The molecule has 1 aliphatic heterocycles. The number of para-hydroxylation sites is 2. The highest BCUT2D eigenvalue weighted by atomic mass is 32.1. The molecule has 3 nitrogen and oxygen atoms in total. The molecule has 0 radical (unpaired) electrons. The van der Waals surface area contributed by atoms with Gasteiger partial charge in [0.15, 0.2) is 5.82 Å². The molecule has 0 saturated heterocycles. The summed E-state index contributed by atoms with van der Waals surface area (Å²) < 4.78 is 5.01. The van der Waals surface area contributed by atoms with Gasteiger partial charge in [-0.2, -0.15) is 0 Å². The summed E-state index contributed by atoms with van der Waals surface area (Å²) in [7, 11) is -2.14. The van der Waals surface area contributed by atoms with E-state index in [4.69, 9.17) is 9.97 Å². The minimum atomic E-state index is -2.14. The van der Waals surface area contributed by atoms with E-state index in [1.54, 1.807) is 0 Å². The van der Waals surface area contributed by atoms with Crippen LogP contribution in [0.5, 0.6) is 0 Å². The lowest BCUT2D eigenvalue weighted by molar-refractivity contribution is 1.17. The van der Waals surface area contributed by atoms with Crippen LogP contribution in [-0.2, 0) is 0 Å². The van der Waals surface area contributed by atoms with Gasteiger partial charge in [0.05, 0.1) is 16.7 Å². The molecule has 0 atom stereocenters. The number of hydrogen-bond donors (Lipinski definition) is 0. The number of benzene rings is 7. The lowest BCUT2D eigenvalue weighted by Crippen LogP contribution is -2.50. The lowest BCUT2D eigenvalue weighted by Gasteiger charge is -2.19. The van der Waals surface area contributed by atoms with E-state index >= 15 is 0 Å². The summed E-state index contributed by atoms with van der Waals surface area (Å²) in [5, 5.41) is 7.76. The summed E-state index contributed by atoms with van der Waals surface area (Å²) in [5.74, 6) is 0.770. The lowest BCUT2D eigenvalue weighted by atomic mass is 9.96. The largest absolute Gasteiger partial charge is 0.309 e. The van der Waals surface area contributed by atoms with Crippen LogP contribution in [0.4, 0.5) is 0 Å². The molecule has 0 saturated carbocycles. The van der Waals surface area contributed by atoms with Crippen LogP contribution in [0.2, 0.25) is 13.1 Å². The van der Waals surface area contributed by atoms with Crippen molar-refractivity contribution < 1.29 is 0 Å². The van der Waals surface area contributed by atoms with Crippen molar-refractivity contribution in [3.63, 3.8) is 0 Å². The quantitative estimate of drug-likeness (QED) is 0.170. The van der Waals surface area contributed by atoms with Gasteiger partial charge in [0.2, 0.25) is 0 Å². The minimum absolute atomic E-state index is 0.770. The van der Waals surface area contributed by atoms with Crippen molar-refractivity contribution in [3.8, 4) is 50.6 Å². The van der Waals surface area contributed by atoms with Gasteiger partial charge in [-0.3, -0.25) is 0 Å². The van der Waals surface area contributed by atoms with E-state index in [1.807, 2.05) is 11.3 Å². The van der Waals surface area contributed by atoms with E-state index in [0.29, 0.717) is 0 Å². The average Bonchev–Trinajstić information content (AvgIpc) is 3.83. The van der Waals surface area contributed by atoms with Gasteiger partial charge in [-0.25, -0.2) is 9.97 Å². The molecule has 0 amide bonds. The van der Waals surface area contributed by atoms with Crippen LogP contribution in [0.15, 0.2) is 164 Å². The van der Waals surface area contributed by atoms with E-state index in [9.17, 15) is 0 Å². The van der Waals surface area contributed by atoms with E-state index in [0.717, 1.165) is 28.3 Å². The molecule has 1 aliphatic rings. The maximum atomic E-state index is 5.53. The summed E-state index contributed by atoms with van der Waals surface area (Å²) in [6, 6.07) is 59.5. The van der Waals surface area contributed by atoms with Crippen molar-refractivity contribution in [1.82, 2.24) is 14.5 Å². The molecular weight excluding hydrogens is 679 g/mol. The fourth-order valence-electron chi connectivity index (χ4n) is 8.67. The Kier molecular flexibility index (Phi) is 6.57. The first-order chi connectivity index (χ1) is 26.0. The highest BCUT2D eigenvalue weighted by molar-refractivity contribution is 7.26. The van der Waals surface area contributed by atoms with Gasteiger partial charge in [-0.1, -0.05) is 140 Å². The topological polar surface area (TPSA) is 30.7 Å². The Morgan fingerprint density at radius 1 is 0.509 bits per heavy atom. The fourth-order valence-corrected chi connectivity index (χ4v) is 12.8. The molecule has 0 unspecified atom stereocenters. The Morgan fingerprint density at radius 2 is 1.13 bits per heavy atom. The smallest absolute Gasteiger partial charge is 0.159 e. The monoisotopic (exact) mass is 711 g/mol. The molecule has 250 valence electrons. The summed E-state index contributed by atoms with van der Waals surface area (Å²) in [6.45, 7) is 4.87. The van der Waals surface area contributed by atoms with Gasteiger partial charge >= 0.3 is 0 Å². The number of fused-ring (bicyclic) bond motifs is 9. The van der Waals surface area contributed by atoms with Crippen LogP contribution in [-0.4, -0.2) is 22.6 Å². The van der Waals surface area contributed by atoms with Crippen LogP contribution < -0.4 is 10.5 Å². The van der Waals surface area contributed by atoms with Crippen molar-refractivity contribution in [1.29, 1.82) is 0 Å². The SMILES string of the molecule is C[Si]1(C)c2ccccc2-c2c(-c3cccc(-c4cccc5c4sc4ccccc45)c3)nc(-c3cccc(-n4c5ccccc5c5ccccc54)c3)nc21. The first kappa shape index (κ1) is 30.5. The maximum absolute atomic E-state index is 5.53. The van der Waals surface area contributed by atoms with Gasteiger partial charge in [-0.15, -0.1) is 11.3 Å². The number of nitrogens with zero attached hydrogens (tertiary/aromatic N) is 3. The second kappa shape index (κ2) is 11.4. The van der Waals surface area contributed by atoms with Crippen molar-refractivity contribution in [2.24, 2.45) is 0 Å². The van der Waals surface area contributed by atoms with Crippen LogP contribution in [0.25, 0.3) is 92.6 Å². The van der Waals surface area contributed by atoms with Crippen LogP contribution in [0.3, 0.4) is 0 Å². The molecule has 53 heavy (non-hydrogen) atoms. The van der Waals surface area contributed by atoms with E-state index in [1.165, 1.54) is 74.7 Å². The Morgan fingerprint density at radius 3 is 1.96 bits per heavy atom. The molecule has 7 aromatic carbocycles. The van der Waals surface area contributed by atoms with Crippen LogP contribution in [0, 0.1) is 0 Å². The van der Waals surface area contributed by atoms with E-state index in [-0.39, 0.29) is 0 Å². The fraction of sp³-hybridized carbons (Fsp3) is 0.0417. The molecule has 0 bridgehead atoms. The Labute approximate surface area is 312 Å². The second-order valence-electron chi connectivity index (χ2n) is 14.6. The van der Waals surface area contributed by atoms with Gasteiger partial charge < -0.3 is 4.57 Å². The number of thiophene rings is 1. The molecular formula is C48H33N3SSi. The van der Waals surface area contributed by atoms with E-state index in [2.05, 4.69) is 181 Å². The molecule has 10 aromatic rings. The summed E-state index contributed by atoms with van der Waals surface area (Å²) in [6.07, 6.45) is 0. The van der Waals surface area contributed by atoms with Gasteiger partial charge in [0.25, 0.3) is 0 Å². The van der Waals surface area contributed by atoms with Gasteiger partial charge in [-0.05, 0) is 58.3 Å². The second-order valence-corrected chi connectivity index (χ2v) is 19.9. The molecule has 0 spiro atoms. The van der Waals surface area contributed by atoms with Gasteiger partial charge in [0.1, 0.15) is 8.07 Å². The Bertz CT molecular complexity index is 3060. The van der Waals surface area contributed by atoms with Gasteiger partial charge in [0, 0.05) is 58.6 Å². The Hall–Kier alpha value is -6.14. The minimum Gasteiger partial charge on any atom is -0.309 e.